The topological polar surface area (TPSA) is 103 Å². The van der Waals surface area contributed by atoms with Gasteiger partial charge in [0, 0.05) is 0 Å². The molecular formula is C9H8F2N2O5. The van der Waals surface area contributed by atoms with Gasteiger partial charge < -0.3 is 20.0 Å². The molecule has 0 fully saturated rings. The van der Waals surface area contributed by atoms with Crippen LogP contribution in [-0.2, 0) is 11.2 Å². The number of methoxy groups -OCH3 is 1. The number of nitrogens with zero attached hydrogens (tertiary/aromatic N) is 2. The number of carboxylic acids is 1. The number of hydrogen-bond donors (Lipinski definition) is 1. The number of rotatable bonds is 5. The van der Waals surface area contributed by atoms with Crippen molar-refractivity contribution in [3.63, 3.8) is 0 Å². The zero-order valence-electron chi connectivity index (χ0n) is 9.09. The summed E-state index contributed by atoms with van der Waals surface area (Å²) in [6, 6.07) is 0. The third kappa shape index (κ3) is 2.67. The first-order chi connectivity index (χ1) is 8.38. The molecule has 0 unspecified atom stereocenters. The highest BCUT2D eigenvalue weighted by atomic mass is 19.3. The lowest BCUT2D eigenvalue weighted by Crippen LogP contribution is -2.09. The number of pyridine rings is 1. The van der Waals surface area contributed by atoms with Crippen LogP contribution in [0.5, 0.6) is 5.75 Å². The quantitative estimate of drug-likeness (QED) is 0.638. The van der Waals surface area contributed by atoms with E-state index in [0.717, 1.165) is 7.11 Å². The summed E-state index contributed by atoms with van der Waals surface area (Å²) in [5.74, 6) is -2.74. The maximum atomic E-state index is 12.6. The second kappa shape index (κ2) is 5.34. The molecule has 0 saturated heterocycles. The van der Waals surface area contributed by atoms with Gasteiger partial charge in [-0.15, -0.1) is 0 Å². The average Bonchev–Trinajstić information content (AvgIpc) is 2.26. The Morgan fingerprint density at radius 3 is 2.67 bits per heavy atom. The molecule has 0 spiro atoms. The maximum absolute atomic E-state index is 12.6. The van der Waals surface area contributed by atoms with Crippen molar-refractivity contribution < 1.29 is 28.3 Å². The van der Waals surface area contributed by atoms with Gasteiger partial charge in [-0.1, -0.05) is 0 Å². The smallest absolute Gasteiger partial charge is 0.370 e. The lowest BCUT2D eigenvalue weighted by Gasteiger charge is -2.10. The van der Waals surface area contributed by atoms with Crippen molar-refractivity contribution in [1.82, 2.24) is 4.98 Å². The van der Waals surface area contributed by atoms with E-state index >= 15 is 0 Å². The molecule has 0 bridgehead atoms. The Bertz CT molecular complexity index is 492. The first-order valence-electron chi connectivity index (χ1n) is 4.58. The lowest BCUT2D eigenvalue weighted by atomic mass is 10.1. The summed E-state index contributed by atoms with van der Waals surface area (Å²) >= 11 is 0. The normalized spacial score (nSPS) is 10.4. The molecular weight excluding hydrogens is 254 g/mol. The summed E-state index contributed by atoms with van der Waals surface area (Å²) in [6.07, 6.45) is -3.19. The van der Waals surface area contributed by atoms with E-state index in [4.69, 9.17) is 5.11 Å². The minimum atomic E-state index is -2.97. The molecule has 0 aromatic carbocycles. The van der Waals surface area contributed by atoms with E-state index in [1.165, 1.54) is 0 Å². The molecule has 0 atom stereocenters. The molecule has 0 aliphatic heterocycles. The van der Waals surface area contributed by atoms with Gasteiger partial charge in [0.1, 0.15) is 16.9 Å². The van der Waals surface area contributed by atoms with Crippen molar-refractivity contribution in [3.05, 3.63) is 27.4 Å². The zero-order valence-corrected chi connectivity index (χ0v) is 9.09. The Hall–Kier alpha value is -2.32. The number of aromatic nitrogens is 1. The summed E-state index contributed by atoms with van der Waals surface area (Å²) < 4.78 is 29.9. The first-order valence-corrected chi connectivity index (χ1v) is 4.58. The van der Waals surface area contributed by atoms with Crippen molar-refractivity contribution >= 4 is 11.8 Å². The molecule has 0 aliphatic rings. The molecule has 18 heavy (non-hydrogen) atoms. The molecule has 1 aromatic rings. The van der Waals surface area contributed by atoms with E-state index in [0.29, 0.717) is 6.20 Å². The van der Waals surface area contributed by atoms with Gasteiger partial charge >= 0.3 is 11.8 Å². The van der Waals surface area contributed by atoms with Crippen LogP contribution >= 0.6 is 0 Å². The van der Waals surface area contributed by atoms with Gasteiger partial charge in [0.15, 0.2) is 6.20 Å². The van der Waals surface area contributed by atoms with Gasteiger partial charge in [-0.3, -0.25) is 4.79 Å². The number of halogens is 2. The van der Waals surface area contributed by atoms with E-state index in [9.17, 15) is 23.7 Å². The molecule has 9 heteroatoms. The monoisotopic (exact) mass is 262 g/mol. The maximum Gasteiger partial charge on any atom is 0.370 e. The third-order valence-corrected chi connectivity index (χ3v) is 2.07. The van der Waals surface area contributed by atoms with Crippen LogP contribution in [0.2, 0.25) is 0 Å². The van der Waals surface area contributed by atoms with E-state index in [-0.39, 0.29) is 0 Å². The van der Waals surface area contributed by atoms with Gasteiger partial charge in [-0.05, 0) is 9.91 Å². The van der Waals surface area contributed by atoms with E-state index in [1.54, 1.807) is 0 Å². The number of carboxylic acid groups (broad SMARTS) is 1. The Kier molecular flexibility index (Phi) is 4.08. The van der Waals surface area contributed by atoms with Crippen LogP contribution < -0.4 is 4.74 Å². The van der Waals surface area contributed by atoms with Crippen LogP contribution in [0, 0.1) is 10.1 Å². The van der Waals surface area contributed by atoms with Crippen molar-refractivity contribution in [2.75, 3.05) is 7.11 Å². The summed E-state index contributed by atoms with van der Waals surface area (Å²) in [4.78, 5) is 23.5. The molecule has 98 valence electrons. The molecule has 0 saturated carbocycles. The number of carbonyl (C=O) groups is 1. The van der Waals surface area contributed by atoms with Crippen LogP contribution in [-0.4, -0.2) is 28.1 Å². The fraction of sp³-hybridized carbons (Fsp3) is 0.333. The summed E-state index contributed by atoms with van der Waals surface area (Å²) in [5.41, 5.74) is -1.16. The van der Waals surface area contributed by atoms with Gasteiger partial charge in [0.25, 0.3) is 6.43 Å². The number of ether oxygens (including phenoxy) is 1. The van der Waals surface area contributed by atoms with Crippen molar-refractivity contribution in [2.24, 2.45) is 0 Å². The Morgan fingerprint density at radius 1 is 1.67 bits per heavy atom. The molecule has 1 rings (SSSR count). The number of aliphatic carboxylic acids is 1. The van der Waals surface area contributed by atoms with Crippen LogP contribution in [0.1, 0.15) is 17.6 Å². The third-order valence-electron chi connectivity index (χ3n) is 2.07. The highest BCUT2D eigenvalue weighted by Gasteiger charge is 2.29. The molecule has 0 aliphatic carbocycles. The summed E-state index contributed by atoms with van der Waals surface area (Å²) in [7, 11) is 1.02. The van der Waals surface area contributed by atoms with Crippen LogP contribution in [0.3, 0.4) is 0 Å². The molecule has 1 aromatic heterocycles. The molecule has 1 N–H and O–H groups in total. The Balaban J connectivity index is 3.50. The highest BCUT2D eigenvalue weighted by Crippen LogP contribution is 2.35. The standard InChI is InChI=1S/C9H8F2N2O5/c1-18-7-4(2-6(14)15)9(13(16)17)12-3-5(7)8(10)11/h3,8H,2H2,1H3,(H,14,15). The minimum absolute atomic E-state index is 0.479. The van der Waals surface area contributed by atoms with Crippen molar-refractivity contribution in [3.8, 4) is 5.75 Å². The highest BCUT2D eigenvalue weighted by molar-refractivity contribution is 5.73. The first kappa shape index (κ1) is 13.7. The Labute approximate surface area is 99.2 Å². The molecule has 7 nitrogen and oxygen atoms in total. The molecule has 0 amide bonds. The second-order valence-corrected chi connectivity index (χ2v) is 3.18. The van der Waals surface area contributed by atoms with E-state index in [1.807, 2.05) is 0 Å². The van der Waals surface area contributed by atoms with E-state index in [2.05, 4.69) is 9.72 Å². The van der Waals surface area contributed by atoms with Crippen LogP contribution in [0.15, 0.2) is 6.20 Å². The van der Waals surface area contributed by atoms with Gasteiger partial charge in [-0.2, -0.15) is 0 Å². The zero-order chi connectivity index (χ0) is 13.9. The number of hydrogen-bond acceptors (Lipinski definition) is 5. The predicted octanol–water partition coefficient (Wildman–Crippen LogP) is 1.56. The minimum Gasteiger partial charge on any atom is -0.495 e. The van der Waals surface area contributed by atoms with Crippen LogP contribution in [0.25, 0.3) is 0 Å². The fourth-order valence-corrected chi connectivity index (χ4v) is 1.41. The SMILES string of the molecule is COc1c(C(F)F)cnc([N+](=O)[O-])c1CC(=O)O. The number of alkyl halides is 2. The van der Waals surface area contributed by atoms with Crippen LogP contribution in [0.4, 0.5) is 14.6 Å². The fourth-order valence-electron chi connectivity index (χ4n) is 1.41. The molecule has 0 radical (unpaired) electrons. The average molecular weight is 262 g/mol. The largest absolute Gasteiger partial charge is 0.495 e. The summed E-state index contributed by atoms with van der Waals surface area (Å²) in [6.45, 7) is 0. The van der Waals surface area contributed by atoms with Crippen molar-refractivity contribution in [2.45, 2.75) is 12.8 Å². The van der Waals surface area contributed by atoms with E-state index < -0.39 is 46.4 Å². The molecule has 1 heterocycles. The second-order valence-electron chi connectivity index (χ2n) is 3.18. The van der Waals surface area contributed by atoms with Gasteiger partial charge in [-0.25, -0.2) is 8.78 Å². The van der Waals surface area contributed by atoms with Gasteiger partial charge in [0.2, 0.25) is 0 Å². The summed E-state index contributed by atoms with van der Waals surface area (Å²) in [5, 5.41) is 19.3. The van der Waals surface area contributed by atoms with Gasteiger partial charge in [0.05, 0.1) is 13.5 Å². The Morgan fingerprint density at radius 2 is 2.28 bits per heavy atom. The van der Waals surface area contributed by atoms with Crippen molar-refractivity contribution in [1.29, 1.82) is 0 Å². The lowest BCUT2D eigenvalue weighted by molar-refractivity contribution is -0.390. The number of nitro groups is 1. The predicted molar refractivity (Wildman–Crippen MR) is 53.7 cm³/mol.